The van der Waals surface area contributed by atoms with Gasteiger partial charge in [-0.05, 0) is 12.8 Å². The Hall–Kier alpha value is -1.39. The predicted octanol–water partition coefficient (Wildman–Crippen LogP) is 1.07. The lowest BCUT2D eigenvalue weighted by molar-refractivity contribution is -0.156. The summed E-state index contributed by atoms with van der Waals surface area (Å²) in [5.41, 5.74) is 0. The molecule has 96 valence electrons. The van der Waals surface area contributed by atoms with Crippen LogP contribution >= 0.6 is 0 Å². The minimum absolute atomic E-state index is 0.0543. The number of amides is 1. The van der Waals surface area contributed by atoms with Crippen molar-refractivity contribution < 1.29 is 19.5 Å². The number of hydrogen-bond acceptors (Lipinski definition) is 3. The van der Waals surface area contributed by atoms with Crippen molar-refractivity contribution in [3.05, 3.63) is 0 Å². The van der Waals surface area contributed by atoms with Crippen molar-refractivity contribution in [2.24, 2.45) is 5.92 Å². The van der Waals surface area contributed by atoms with Crippen LogP contribution in [0.25, 0.3) is 0 Å². The van der Waals surface area contributed by atoms with Crippen molar-refractivity contribution >= 4 is 17.7 Å². The average Bonchev–Trinajstić information content (AvgIpc) is 2.30. The van der Waals surface area contributed by atoms with E-state index in [-0.39, 0.29) is 37.0 Å². The maximum absolute atomic E-state index is 12.1. The van der Waals surface area contributed by atoms with E-state index < -0.39 is 12.0 Å². The minimum atomic E-state index is -1.09. The van der Waals surface area contributed by atoms with Crippen LogP contribution in [0.4, 0.5) is 0 Å². The Labute approximate surface area is 101 Å². The highest BCUT2D eigenvalue weighted by Crippen LogP contribution is 2.20. The highest BCUT2D eigenvalue weighted by Gasteiger charge is 2.37. The largest absolute Gasteiger partial charge is 0.480 e. The molecule has 1 fully saturated rings. The van der Waals surface area contributed by atoms with Gasteiger partial charge in [0.05, 0.1) is 0 Å². The van der Waals surface area contributed by atoms with Crippen molar-refractivity contribution in [2.45, 2.75) is 45.6 Å². The average molecular weight is 241 g/mol. The molecule has 0 radical (unpaired) electrons. The smallest absolute Gasteiger partial charge is 0.326 e. The van der Waals surface area contributed by atoms with E-state index in [1.807, 2.05) is 13.8 Å². The van der Waals surface area contributed by atoms with E-state index in [1.165, 1.54) is 4.90 Å². The van der Waals surface area contributed by atoms with Crippen LogP contribution in [0.3, 0.4) is 0 Å². The third kappa shape index (κ3) is 3.05. The van der Waals surface area contributed by atoms with Gasteiger partial charge in [0.25, 0.3) is 0 Å². The summed E-state index contributed by atoms with van der Waals surface area (Å²) < 4.78 is 0. The first-order valence-corrected chi connectivity index (χ1v) is 6.06. The Morgan fingerprint density at radius 2 is 2.00 bits per heavy atom. The lowest BCUT2D eigenvalue weighted by atomic mass is 9.96. The molecular formula is C12H19NO4. The fraction of sp³-hybridized carbons (Fsp3) is 0.750. The number of carbonyl (C=O) groups is 3. The van der Waals surface area contributed by atoms with E-state index in [2.05, 4.69) is 0 Å². The quantitative estimate of drug-likeness (QED) is 0.798. The lowest BCUT2D eigenvalue weighted by Crippen LogP contribution is -2.52. The van der Waals surface area contributed by atoms with Crippen LogP contribution in [0, 0.1) is 5.92 Å². The molecule has 0 bridgehead atoms. The summed E-state index contributed by atoms with van der Waals surface area (Å²) in [6.45, 7) is 4.07. The molecule has 0 saturated carbocycles. The van der Waals surface area contributed by atoms with Gasteiger partial charge in [0.1, 0.15) is 11.8 Å². The molecule has 0 spiro atoms. The second kappa shape index (κ2) is 5.80. The summed E-state index contributed by atoms with van der Waals surface area (Å²) in [6, 6.07) is -0.968. The van der Waals surface area contributed by atoms with Crippen molar-refractivity contribution in [1.82, 2.24) is 4.90 Å². The van der Waals surface area contributed by atoms with Crippen LogP contribution in [0.2, 0.25) is 0 Å². The van der Waals surface area contributed by atoms with Gasteiger partial charge in [-0.3, -0.25) is 9.59 Å². The number of piperidine rings is 1. The summed E-state index contributed by atoms with van der Waals surface area (Å²) in [6.07, 6.45) is 1.62. The first kappa shape index (κ1) is 13.7. The zero-order chi connectivity index (χ0) is 13.0. The van der Waals surface area contributed by atoms with E-state index in [4.69, 9.17) is 5.11 Å². The third-order valence-corrected chi connectivity index (χ3v) is 3.33. The van der Waals surface area contributed by atoms with Gasteiger partial charge in [-0.2, -0.15) is 0 Å². The fourth-order valence-electron chi connectivity index (χ4n) is 2.19. The molecule has 1 atom stereocenters. The molecule has 0 aromatic rings. The standard InChI is InChI=1S/C12H19NO4/c1-3-8(4-2)11(15)13-6-5-9(14)7-10(13)12(16)17/h8,10H,3-7H2,1-2H3,(H,16,17). The van der Waals surface area contributed by atoms with E-state index >= 15 is 0 Å². The van der Waals surface area contributed by atoms with E-state index in [0.29, 0.717) is 12.8 Å². The van der Waals surface area contributed by atoms with Crippen molar-refractivity contribution in [1.29, 1.82) is 0 Å². The first-order chi connectivity index (χ1) is 8.01. The Balaban J connectivity index is 2.82. The molecule has 5 heteroatoms. The molecule has 5 nitrogen and oxygen atoms in total. The molecule has 1 unspecified atom stereocenters. The van der Waals surface area contributed by atoms with Gasteiger partial charge >= 0.3 is 5.97 Å². The number of rotatable bonds is 4. The second-order valence-electron chi connectivity index (χ2n) is 4.39. The summed E-state index contributed by atoms with van der Waals surface area (Å²) in [7, 11) is 0. The SMILES string of the molecule is CCC(CC)C(=O)N1CCC(=O)CC1C(=O)O. The summed E-state index contributed by atoms with van der Waals surface area (Å²) in [5, 5.41) is 9.06. The van der Waals surface area contributed by atoms with Gasteiger partial charge in [-0.25, -0.2) is 4.79 Å². The van der Waals surface area contributed by atoms with Crippen molar-refractivity contribution in [3.63, 3.8) is 0 Å². The highest BCUT2D eigenvalue weighted by atomic mass is 16.4. The van der Waals surface area contributed by atoms with Gasteiger partial charge in [0, 0.05) is 25.3 Å². The van der Waals surface area contributed by atoms with Gasteiger partial charge in [-0.1, -0.05) is 13.8 Å². The molecule has 1 rings (SSSR count). The lowest BCUT2D eigenvalue weighted by Gasteiger charge is -2.34. The molecule has 1 aliphatic rings. The molecule has 0 aromatic carbocycles. The number of carboxylic acids is 1. The molecule has 0 aromatic heterocycles. The number of ketones is 1. The second-order valence-corrected chi connectivity index (χ2v) is 4.39. The summed E-state index contributed by atoms with van der Waals surface area (Å²) in [5.74, 6) is -1.43. The molecule has 17 heavy (non-hydrogen) atoms. The number of likely N-dealkylation sites (tertiary alicyclic amines) is 1. The maximum atomic E-state index is 12.1. The Bertz CT molecular complexity index is 322. The fourth-order valence-corrected chi connectivity index (χ4v) is 2.19. The Morgan fingerprint density at radius 3 is 2.47 bits per heavy atom. The number of Topliss-reactive ketones (excluding diaryl/α,β-unsaturated/α-hetero) is 1. The molecule has 1 saturated heterocycles. The normalized spacial score (nSPS) is 20.8. The van der Waals surface area contributed by atoms with Gasteiger partial charge in [0.2, 0.25) is 5.91 Å². The Kier molecular flexibility index (Phi) is 4.66. The number of hydrogen-bond donors (Lipinski definition) is 1. The molecule has 1 amide bonds. The summed E-state index contributed by atoms with van der Waals surface area (Å²) in [4.78, 5) is 35.8. The van der Waals surface area contributed by atoms with Crippen molar-refractivity contribution in [2.75, 3.05) is 6.54 Å². The van der Waals surface area contributed by atoms with Crippen LogP contribution in [-0.4, -0.2) is 40.3 Å². The van der Waals surface area contributed by atoms with Crippen LogP contribution in [0.1, 0.15) is 39.5 Å². The van der Waals surface area contributed by atoms with Gasteiger partial charge in [-0.15, -0.1) is 0 Å². The first-order valence-electron chi connectivity index (χ1n) is 6.06. The molecule has 1 aliphatic heterocycles. The third-order valence-electron chi connectivity index (χ3n) is 3.33. The van der Waals surface area contributed by atoms with E-state index in [1.54, 1.807) is 0 Å². The summed E-state index contributed by atoms with van der Waals surface area (Å²) >= 11 is 0. The molecular weight excluding hydrogens is 222 g/mol. The molecule has 1 N–H and O–H groups in total. The van der Waals surface area contributed by atoms with Crippen LogP contribution in [-0.2, 0) is 14.4 Å². The van der Waals surface area contributed by atoms with E-state index in [0.717, 1.165) is 0 Å². The molecule has 0 aliphatic carbocycles. The van der Waals surface area contributed by atoms with Crippen LogP contribution < -0.4 is 0 Å². The number of nitrogens with zero attached hydrogens (tertiary/aromatic N) is 1. The monoisotopic (exact) mass is 241 g/mol. The van der Waals surface area contributed by atoms with Crippen LogP contribution in [0.15, 0.2) is 0 Å². The zero-order valence-corrected chi connectivity index (χ0v) is 10.3. The highest BCUT2D eigenvalue weighted by molar-refractivity contribution is 5.92. The number of carbonyl (C=O) groups excluding carboxylic acids is 2. The zero-order valence-electron chi connectivity index (χ0n) is 10.3. The molecule has 1 heterocycles. The van der Waals surface area contributed by atoms with Crippen LogP contribution in [0.5, 0.6) is 0 Å². The van der Waals surface area contributed by atoms with Crippen molar-refractivity contribution in [3.8, 4) is 0 Å². The topological polar surface area (TPSA) is 74.7 Å². The van der Waals surface area contributed by atoms with Gasteiger partial charge in [0.15, 0.2) is 0 Å². The maximum Gasteiger partial charge on any atom is 0.326 e. The van der Waals surface area contributed by atoms with E-state index in [9.17, 15) is 14.4 Å². The minimum Gasteiger partial charge on any atom is -0.480 e. The predicted molar refractivity (Wildman–Crippen MR) is 61.4 cm³/mol. The Morgan fingerprint density at radius 1 is 1.41 bits per heavy atom. The number of aliphatic carboxylic acids is 1. The van der Waals surface area contributed by atoms with Gasteiger partial charge < -0.3 is 10.0 Å². The number of carboxylic acid groups (broad SMARTS) is 1.